The van der Waals surface area contributed by atoms with Crippen LogP contribution in [-0.4, -0.2) is 26.5 Å². The summed E-state index contributed by atoms with van der Waals surface area (Å²) < 4.78 is 24.2. The lowest BCUT2D eigenvalue weighted by atomic mass is 10.2. The number of rotatable bonds is 4. The van der Waals surface area contributed by atoms with Gasteiger partial charge < -0.3 is 5.73 Å². The average molecular weight is 269 g/mol. The first kappa shape index (κ1) is 13.5. The van der Waals surface area contributed by atoms with Crippen molar-refractivity contribution in [2.24, 2.45) is 5.73 Å². The number of hydrogen-bond donors (Lipinski definition) is 2. The third-order valence-corrected chi connectivity index (χ3v) is 4.47. The van der Waals surface area contributed by atoms with Gasteiger partial charge in [-0.1, -0.05) is 18.6 Å². The molecule has 0 saturated carbocycles. The summed E-state index contributed by atoms with van der Waals surface area (Å²) in [6.45, 7) is 1.97. The number of hydrogen-bond acceptors (Lipinski definition) is 4. The molecule has 1 aromatic carbocycles. The van der Waals surface area contributed by atoms with E-state index in [2.05, 4.69) is 4.83 Å². The first-order valence-electron chi connectivity index (χ1n) is 6.18. The standard InChI is InChI=1S/C12H19N3O2S/c13-10-11-4-6-12(7-5-11)18(16,17)14-15-8-2-1-3-9-15/h4-7,14H,1-3,8-10,13H2. The van der Waals surface area contributed by atoms with Crippen LogP contribution >= 0.6 is 0 Å². The summed E-state index contributed by atoms with van der Waals surface area (Å²) in [6.07, 6.45) is 3.24. The molecule has 0 amide bonds. The molecule has 6 heteroatoms. The van der Waals surface area contributed by atoms with Crippen LogP contribution < -0.4 is 10.6 Å². The summed E-state index contributed by atoms with van der Waals surface area (Å²) in [5.41, 5.74) is 6.41. The molecule has 1 aromatic rings. The molecule has 1 aliphatic heterocycles. The summed E-state index contributed by atoms with van der Waals surface area (Å²) in [4.78, 5) is 2.91. The van der Waals surface area contributed by atoms with E-state index in [4.69, 9.17) is 5.73 Å². The fraction of sp³-hybridized carbons (Fsp3) is 0.500. The largest absolute Gasteiger partial charge is 0.326 e. The van der Waals surface area contributed by atoms with E-state index in [1.807, 2.05) is 0 Å². The van der Waals surface area contributed by atoms with E-state index in [-0.39, 0.29) is 4.90 Å². The third kappa shape index (κ3) is 3.29. The van der Waals surface area contributed by atoms with Crippen LogP contribution in [0.15, 0.2) is 29.2 Å². The van der Waals surface area contributed by atoms with Crippen molar-refractivity contribution in [2.75, 3.05) is 13.1 Å². The van der Waals surface area contributed by atoms with E-state index >= 15 is 0 Å². The van der Waals surface area contributed by atoms with E-state index < -0.39 is 10.0 Å². The maximum absolute atomic E-state index is 12.1. The molecule has 0 aliphatic carbocycles. The molecule has 1 aliphatic rings. The van der Waals surface area contributed by atoms with Crippen molar-refractivity contribution in [3.63, 3.8) is 0 Å². The monoisotopic (exact) mass is 269 g/mol. The first-order valence-corrected chi connectivity index (χ1v) is 7.66. The molecular weight excluding hydrogens is 250 g/mol. The molecule has 5 nitrogen and oxygen atoms in total. The summed E-state index contributed by atoms with van der Waals surface area (Å²) in [7, 11) is -3.45. The number of piperidine rings is 1. The highest BCUT2D eigenvalue weighted by Crippen LogP contribution is 2.13. The minimum atomic E-state index is -3.45. The lowest BCUT2D eigenvalue weighted by Crippen LogP contribution is -2.44. The molecule has 100 valence electrons. The second kappa shape index (κ2) is 5.79. The van der Waals surface area contributed by atoms with Gasteiger partial charge >= 0.3 is 0 Å². The normalized spacial score (nSPS) is 17.8. The Kier molecular flexibility index (Phi) is 4.34. The lowest BCUT2D eigenvalue weighted by Gasteiger charge is -2.26. The fourth-order valence-electron chi connectivity index (χ4n) is 2.01. The Morgan fingerprint density at radius 2 is 1.72 bits per heavy atom. The molecule has 0 radical (unpaired) electrons. The average Bonchev–Trinajstić information content (AvgIpc) is 2.39. The molecule has 0 bridgehead atoms. The fourth-order valence-corrected chi connectivity index (χ4v) is 3.13. The minimum Gasteiger partial charge on any atom is -0.326 e. The molecule has 0 aromatic heterocycles. The van der Waals surface area contributed by atoms with E-state index in [1.54, 1.807) is 29.3 Å². The molecule has 3 N–H and O–H groups in total. The SMILES string of the molecule is NCc1ccc(S(=O)(=O)NN2CCCCC2)cc1. The van der Waals surface area contributed by atoms with Gasteiger partial charge in [-0.25, -0.2) is 13.4 Å². The molecule has 1 fully saturated rings. The summed E-state index contributed by atoms with van der Waals surface area (Å²) >= 11 is 0. The van der Waals surface area contributed by atoms with Gasteiger partial charge in [0.05, 0.1) is 4.90 Å². The predicted octanol–water partition coefficient (Wildman–Crippen LogP) is 0.824. The van der Waals surface area contributed by atoms with Crippen LogP contribution in [0, 0.1) is 0 Å². The molecular formula is C12H19N3O2S. The van der Waals surface area contributed by atoms with Crippen LogP contribution in [0.4, 0.5) is 0 Å². The Hall–Kier alpha value is -0.950. The van der Waals surface area contributed by atoms with Gasteiger partial charge in [-0.3, -0.25) is 0 Å². The number of nitrogens with one attached hydrogen (secondary N) is 1. The van der Waals surface area contributed by atoms with Crippen LogP contribution in [0.25, 0.3) is 0 Å². The highest BCUT2D eigenvalue weighted by atomic mass is 32.2. The van der Waals surface area contributed by atoms with Crippen molar-refractivity contribution in [3.8, 4) is 0 Å². The van der Waals surface area contributed by atoms with E-state index in [9.17, 15) is 8.42 Å². The first-order chi connectivity index (χ1) is 8.62. The Morgan fingerprint density at radius 1 is 1.11 bits per heavy atom. The van der Waals surface area contributed by atoms with Gasteiger partial charge in [-0.05, 0) is 30.5 Å². The van der Waals surface area contributed by atoms with Gasteiger partial charge in [-0.2, -0.15) is 0 Å². The van der Waals surface area contributed by atoms with Crippen LogP contribution in [0.5, 0.6) is 0 Å². The summed E-state index contributed by atoms with van der Waals surface area (Å²) in [5.74, 6) is 0. The zero-order chi connectivity index (χ0) is 13.0. The van der Waals surface area contributed by atoms with Gasteiger partial charge in [0.25, 0.3) is 10.0 Å². The Labute approximate surface area is 108 Å². The van der Waals surface area contributed by atoms with Gasteiger partial charge in [0.15, 0.2) is 0 Å². The van der Waals surface area contributed by atoms with Crippen LogP contribution in [0.1, 0.15) is 24.8 Å². The number of hydrazine groups is 1. The molecule has 0 atom stereocenters. The summed E-state index contributed by atoms with van der Waals surface area (Å²) in [5, 5.41) is 1.77. The molecule has 0 spiro atoms. The van der Waals surface area contributed by atoms with Gasteiger partial charge in [0.2, 0.25) is 0 Å². The van der Waals surface area contributed by atoms with Crippen LogP contribution in [0.3, 0.4) is 0 Å². The predicted molar refractivity (Wildman–Crippen MR) is 70.1 cm³/mol. The molecule has 1 heterocycles. The van der Waals surface area contributed by atoms with Gasteiger partial charge in [-0.15, -0.1) is 4.83 Å². The second-order valence-electron chi connectivity index (χ2n) is 4.49. The van der Waals surface area contributed by atoms with E-state index in [0.717, 1.165) is 31.5 Å². The zero-order valence-electron chi connectivity index (χ0n) is 10.3. The minimum absolute atomic E-state index is 0.283. The Morgan fingerprint density at radius 3 is 2.28 bits per heavy atom. The van der Waals surface area contributed by atoms with Crippen molar-refractivity contribution < 1.29 is 8.42 Å². The number of sulfonamides is 1. The molecule has 18 heavy (non-hydrogen) atoms. The smallest absolute Gasteiger partial charge is 0.253 e. The van der Waals surface area contributed by atoms with Crippen molar-refractivity contribution in [2.45, 2.75) is 30.7 Å². The van der Waals surface area contributed by atoms with Crippen molar-refractivity contribution >= 4 is 10.0 Å². The van der Waals surface area contributed by atoms with Crippen molar-refractivity contribution in [1.82, 2.24) is 9.84 Å². The van der Waals surface area contributed by atoms with Crippen LogP contribution in [-0.2, 0) is 16.6 Å². The highest BCUT2D eigenvalue weighted by molar-refractivity contribution is 7.89. The van der Waals surface area contributed by atoms with E-state index in [1.165, 1.54) is 6.42 Å². The second-order valence-corrected chi connectivity index (χ2v) is 6.15. The highest BCUT2D eigenvalue weighted by Gasteiger charge is 2.19. The van der Waals surface area contributed by atoms with E-state index in [0.29, 0.717) is 6.54 Å². The Balaban J connectivity index is 2.08. The number of benzene rings is 1. The summed E-state index contributed by atoms with van der Waals surface area (Å²) in [6, 6.07) is 6.67. The lowest BCUT2D eigenvalue weighted by molar-refractivity contribution is 0.200. The van der Waals surface area contributed by atoms with Crippen LogP contribution in [0.2, 0.25) is 0 Å². The zero-order valence-corrected chi connectivity index (χ0v) is 11.1. The maximum Gasteiger partial charge on any atom is 0.253 e. The third-order valence-electron chi connectivity index (χ3n) is 3.07. The molecule has 0 unspecified atom stereocenters. The molecule has 1 saturated heterocycles. The van der Waals surface area contributed by atoms with Crippen molar-refractivity contribution in [3.05, 3.63) is 29.8 Å². The number of nitrogens with two attached hydrogens (primary N) is 1. The van der Waals surface area contributed by atoms with Gasteiger partial charge in [0.1, 0.15) is 0 Å². The molecule has 2 rings (SSSR count). The maximum atomic E-state index is 12.1. The van der Waals surface area contributed by atoms with Crippen molar-refractivity contribution in [1.29, 1.82) is 0 Å². The van der Waals surface area contributed by atoms with Gasteiger partial charge in [0, 0.05) is 19.6 Å². The number of nitrogens with zero attached hydrogens (tertiary/aromatic N) is 1. The quantitative estimate of drug-likeness (QED) is 0.848. The Bertz CT molecular complexity index is 479. The topological polar surface area (TPSA) is 75.4 Å².